The highest BCUT2D eigenvalue weighted by Gasteiger charge is 2.29. The van der Waals surface area contributed by atoms with Crippen LogP contribution in [0.5, 0.6) is 0 Å². The Morgan fingerprint density at radius 3 is 2.94 bits per heavy atom. The highest BCUT2D eigenvalue weighted by atomic mass is 32.1. The second kappa shape index (κ2) is 4.69. The van der Waals surface area contributed by atoms with Crippen molar-refractivity contribution in [2.24, 2.45) is 0 Å². The Morgan fingerprint density at radius 2 is 2.38 bits per heavy atom. The Balaban J connectivity index is 2.07. The molecule has 0 aliphatic heterocycles. The van der Waals surface area contributed by atoms with Crippen LogP contribution in [-0.2, 0) is 13.2 Å². The summed E-state index contributed by atoms with van der Waals surface area (Å²) in [6.07, 6.45) is 4.41. The van der Waals surface area contributed by atoms with Crippen molar-refractivity contribution in [3.8, 4) is 0 Å². The van der Waals surface area contributed by atoms with E-state index in [1.165, 1.54) is 12.8 Å². The molecule has 0 saturated heterocycles. The second-order valence-corrected chi connectivity index (χ2v) is 4.99. The number of aromatic amines is 1. The topological polar surface area (TPSA) is 44.2 Å². The molecule has 16 heavy (non-hydrogen) atoms. The molecule has 1 aromatic heterocycles. The third-order valence-corrected chi connectivity index (χ3v) is 3.72. The molecule has 0 bridgehead atoms. The number of H-pyrrole nitrogens is 1. The van der Waals surface area contributed by atoms with Gasteiger partial charge in [-0.3, -0.25) is 4.90 Å². The van der Waals surface area contributed by atoms with Gasteiger partial charge in [-0.2, -0.15) is 0 Å². The first-order valence-corrected chi connectivity index (χ1v) is 6.14. The molecular formula is C11H19N3OS. The summed E-state index contributed by atoms with van der Waals surface area (Å²) >= 11 is 5.20. The lowest BCUT2D eigenvalue weighted by Gasteiger charge is -2.25. The number of aliphatic hydroxyl groups excluding tert-OH is 1. The maximum Gasteiger partial charge on any atom is 0.177 e. The quantitative estimate of drug-likeness (QED) is 0.768. The van der Waals surface area contributed by atoms with Crippen LogP contribution in [0, 0.1) is 4.77 Å². The van der Waals surface area contributed by atoms with E-state index in [-0.39, 0.29) is 6.61 Å². The number of aromatic nitrogens is 2. The van der Waals surface area contributed by atoms with Crippen LogP contribution in [0.1, 0.15) is 25.5 Å². The number of hydrogen-bond acceptors (Lipinski definition) is 3. The van der Waals surface area contributed by atoms with E-state index in [4.69, 9.17) is 12.2 Å². The van der Waals surface area contributed by atoms with Gasteiger partial charge in [-0.15, -0.1) is 0 Å². The smallest absolute Gasteiger partial charge is 0.177 e. The van der Waals surface area contributed by atoms with Crippen molar-refractivity contribution >= 4 is 12.2 Å². The van der Waals surface area contributed by atoms with Crippen molar-refractivity contribution in [3.63, 3.8) is 0 Å². The summed E-state index contributed by atoms with van der Waals surface area (Å²) in [6, 6.07) is 1.20. The molecule has 1 aliphatic carbocycles. The second-order valence-electron chi connectivity index (χ2n) is 4.60. The zero-order chi connectivity index (χ0) is 11.7. The van der Waals surface area contributed by atoms with Gasteiger partial charge in [0.15, 0.2) is 4.77 Å². The molecule has 4 nitrogen and oxygen atoms in total. The van der Waals surface area contributed by atoms with Crippen molar-refractivity contribution in [1.29, 1.82) is 0 Å². The fourth-order valence-electron chi connectivity index (χ4n) is 2.00. The monoisotopic (exact) mass is 241 g/mol. The van der Waals surface area contributed by atoms with Crippen LogP contribution in [-0.4, -0.2) is 38.7 Å². The number of nitrogens with zero attached hydrogens (tertiary/aromatic N) is 2. The molecule has 1 heterocycles. The van der Waals surface area contributed by atoms with E-state index in [2.05, 4.69) is 23.9 Å². The van der Waals surface area contributed by atoms with E-state index in [1.54, 1.807) is 6.20 Å². The molecule has 90 valence electrons. The number of rotatable bonds is 5. The van der Waals surface area contributed by atoms with Crippen LogP contribution in [0.3, 0.4) is 0 Å². The van der Waals surface area contributed by atoms with Gasteiger partial charge in [0.05, 0.1) is 12.3 Å². The SMILES string of the molecule is CC(Cn1c(CO)c[nH]c1=S)N(C)C1CC1. The van der Waals surface area contributed by atoms with Crippen molar-refractivity contribution in [1.82, 2.24) is 14.5 Å². The molecule has 5 heteroatoms. The van der Waals surface area contributed by atoms with Gasteiger partial charge in [0.1, 0.15) is 0 Å². The minimum absolute atomic E-state index is 0.0347. The molecule has 1 unspecified atom stereocenters. The predicted molar refractivity (Wildman–Crippen MR) is 65.8 cm³/mol. The molecular weight excluding hydrogens is 222 g/mol. The van der Waals surface area contributed by atoms with Crippen molar-refractivity contribution in [2.45, 2.75) is 45.0 Å². The van der Waals surface area contributed by atoms with Gasteiger partial charge in [0, 0.05) is 24.8 Å². The average Bonchev–Trinajstić information content (AvgIpc) is 3.05. The molecule has 1 aromatic rings. The summed E-state index contributed by atoms with van der Waals surface area (Å²) in [5.41, 5.74) is 0.862. The first-order valence-electron chi connectivity index (χ1n) is 5.73. The molecule has 1 fully saturated rings. The van der Waals surface area contributed by atoms with E-state index in [1.807, 2.05) is 4.57 Å². The van der Waals surface area contributed by atoms with E-state index in [0.717, 1.165) is 18.3 Å². The number of hydrogen-bond donors (Lipinski definition) is 2. The summed E-state index contributed by atoms with van der Waals surface area (Å²) in [4.78, 5) is 5.38. The summed E-state index contributed by atoms with van der Waals surface area (Å²) in [5.74, 6) is 0. The highest BCUT2D eigenvalue weighted by molar-refractivity contribution is 7.71. The number of nitrogens with one attached hydrogen (secondary N) is 1. The minimum atomic E-state index is 0.0347. The average molecular weight is 241 g/mol. The van der Waals surface area contributed by atoms with Crippen LogP contribution < -0.4 is 0 Å². The zero-order valence-corrected chi connectivity index (χ0v) is 10.6. The summed E-state index contributed by atoms with van der Waals surface area (Å²) in [5, 5.41) is 9.20. The normalized spacial score (nSPS) is 18.0. The van der Waals surface area contributed by atoms with Gasteiger partial charge < -0.3 is 14.7 Å². The Kier molecular flexibility index (Phi) is 3.47. The van der Waals surface area contributed by atoms with Gasteiger partial charge in [-0.25, -0.2) is 0 Å². The molecule has 0 aromatic carbocycles. The van der Waals surface area contributed by atoms with Crippen LogP contribution in [0.25, 0.3) is 0 Å². The standard InChI is InChI=1S/C11H19N3OS/c1-8(13(2)9-3-4-9)6-14-10(7-15)5-12-11(14)16/h5,8-9,15H,3-4,6-7H2,1-2H3,(H,12,16). The Hall–Kier alpha value is -0.650. The Labute approximate surface area is 101 Å². The minimum Gasteiger partial charge on any atom is -0.390 e. The molecule has 0 spiro atoms. The van der Waals surface area contributed by atoms with Crippen molar-refractivity contribution in [3.05, 3.63) is 16.7 Å². The van der Waals surface area contributed by atoms with Gasteiger partial charge in [0.25, 0.3) is 0 Å². The lowest BCUT2D eigenvalue weighted by molar-refractivity contribution is 0.216. The summed E-state index contributed by atoms with van der Waals surface area (Å²) < 4.78 is 2.68. The van der Waals surface area contributed by atoms with Crippen molar-refractivity contribution < 1.29 is 5.11 Å². The fourth-order valence-corrected chi connectivity index (χ4v) is 2.25. The molecule has 1 saturated carbocycles. The van der Waals surface area contributed by atoms with Crippen LogP contribution in [0.4, 0.5) is 0 Å². The summed E-state index contributed by atoms with van der Waals surface area (Å²) in [6.45, 7) is 3.08. The van der Waals surface area contributed by atoms with Gasteiger partial charge in [-0.1, -0.05) is 0 Å². The van der Waals surface area contributed by atoms with Gasteiger partial charge in [0.2, 0.25) is 0 Å². The van der Waals surface area contributed by atoms with Crippen LogP contribution >= 0.6 is 12.2 Å². The molecule has 2 rings (SSSR count). The number of imidazole rings is 1. The number of likely N-dealkylation sites (N-methyl/N-ethyl adjacent to an activating group) is 1. The largest absolute Gasteiger partial charge is 0.390 e. The Bertz CT molecular complexity index is 408. The summed E-state index contributed by atoms with van der Waals surface area (Å²) in [7, 11) is 2.16. The molecule has 0 amide bonds. The third-order valence-electron chi connectivity index (χ3n) is 3.38. The maximum absolute atomic E-state index is 9.20. The fraction of sp³-hybridized carbons (Fsp3) is 0.727. The van der Waals surface area contributed by atoms with Crippen LogP contribution in [0.2, 0.25) is 0 Å². The maximum atomic E-state index is 9.20. The molecule has 0 radical (unpaired) electrons. The molecule has 2 N–H and O–H groups in total. The first kappa shape index (κ1) is 11.8. The number of aliphatic hydroxyl groups is 1. The lowest BCUT2D eigenvalue weighted by atomic mass is 10.3. The van der Waals surface area contributed by atoms with Gasteiger partial charge in [-0.05, 0) is 39.0 Å². The molecule has 1 aliphatic rings. The van der Waals surface area contributed by atoms with E-state index < -0.39 is 0 Å². The highest BCUT2D eigenvalue weighted by Crippen LogP contribution is 2.27. The van der Waals surface area contributed by atoms with E-state index in [9.17, 15) is 5.11 Å². The van der Waals surface area contributed by atoms with E-state index in [0.29, 0.717) is 10.8 Å². The Morgan fingerprint density at radius 1 is 1.69 bits per heavy atom. The zero-order valence-electron chi connectivity index (χ0n) is 9.81. The lowest BCUT2D eigenvalue weighted by Crippen LogP contribution is -2.34. The van der Waals surface area contributed by atoms with E-state index >= 15 is 0 Å². The first-order chi connectivity index (χ1) is 7.63. The van der Waals surface area contributed by atoms with Crippen molar-refractivity contribution in [2.75, 3.05) is 7.05 Å². The predicted octanol–water partition coefficient (Wildman–Crippen LogP) is 1.52. The third kappa shape index (κ3) is 2.36. The van der Waals surface area contributed by atoms with Gasteiger partial charge >= 0.3 is 0 Å². The van der Waals surface area contributed by atoms with Crippen LogP contribution in [0.15, 0.2) is 6.20 Å². The molecule has 1 atom stereocenters.